The molecular weight excluding hydrogens is 426 g/mol. The van der Waals surface area contributed by atoms with E-state index in [1.165, 1.54) is 33.5 Å². The summed E-state index contributed by atoms with van der Waals surface area (Å²) < 4.78 is 6.38. The van der Waals surface area contributed by atoms with E-state index in [1.807, 2.05) is 12.1 Å². The molecule has 4 atom stereocenters. The summed E-state index contributed by atoms with van der Waals surface area (Å²) >= 11 is 6.27. The van der Waals surface area contributed by atoms with Gasteiger partial charge in [0, 0.05) is 28.1 Å². The largest absolute Gasteiger partial charge is 0.493 e. The van der Waals surface area contributed by atoms with E-state index in [-0.39, 0.29) is 12.0 Å². The predicted octanol–water partition coefficient (Wildman–Crippen LogP) is 7.34. The minimum absolute atomic E-state index is 0.261. The molecule has 7 rings (SSSR count). The van der Waals surface area contributed by atoms with Crippen molar-refractivity contribution in [2.75, 3.05) is 11.5 Å². The summed E-state index contributed by atoms with van der Waals surface area (Å²) in [6, 6.07) is 35.5. The van der Waals surface area contributed by atoms with Crippen molar-refractivity contribution in [2.45, 2.75) is 24.4 Å². The van der Waals surface area contributed by atoms with Crippen molar-refractivity contribution < 1.29 is 4.74 Å². The molecule has 0 bridgehead atoms. The zero-order valence-electron chi connectivity index (χ0n) is 18.2. The molecule has 0 aromatic heterocycles. The third kappa shape index (κ3) is 2.87. The monoisotopic (exact) mass is 449 g/mol. The molecule has 4 aromatic rings. The number of para-hydroxylation sites is 2. The number of hydrogen-bond donors (Lipinski definition) is 0. The topological polar surface area (TPSA) is 12.5 Å². The van der Waals surface area contributed by atoms with Crippen LogP contribution in [-0.4, -0.2) is 6.61 Å². The number of hydrogen-bond acceptors (Lipinski definition) is 2. The van der Waals surface area contributed by atoms with Crippen molar-refractivity contribution in [3.63, 3.8) is 0 Å². The van der Waals surface area contributed by atoms with Crippen molar-refractivity contribution in [3.05, 3.63) is 130 Å². The van der Waals surface area contributed by atoms with Gasteiger partial charge in [-0.05, 0) is 46.9 Å². The summed E-state index contributed by atoms with van der Waals surface area (Å²) in [5, 5.41) is 0.778. The molecule has 0 saturated heterocycles. The lowest BCUT2D eigenvalue weighted by Gasteiger charge is -2.50. The van der Waals surface area contributed by atoms with Crippen LogP contribution in [0, 0.1) is 5.92 Å². The first-order chi connectivity index (χ1) is 16.3. The van der Waals surface area contributed by atoms with Crippen LogP contribution in [0.5, 0.6) is 5.75 Å². The smallest absolute Gasteiger partial charge is 0.124 e. The van der Waals surface area contributed by atoms with E-state index in [0.29, 0.717) is 18.6 Å². The summed E-state index contributed by atoms with van der Waals surface area (Å²) in [7, 11) is 0. The first-order valence-corrected chi connectivity index (χ1v) is 12.1. The molecule has 0 saturated carbocycles. The highest BCUT2D eigenvalue weighted by Crippen LogP contribution is 2.60. The third-order valence-corrected chi connectivity index (χ3v) is 7.96. The number of benzene rings is 4. The second kappa shape index (κ2) is 7.40. The first-order valence-electron chi connectivity index (χ1n) is 11.7. The number of ether oxygens (including phenoxy) is 1. The van der Waals surface area contributed by atoms with Gasteiger partial charge < -0.3 is 9.64 Å². The average Bonchev–Trinajstić information content (AvgIpc) is 3.26. The lowest BCUT2D eigenvalue weighted by Crippen LogP contribution is -2.45. The van der Waals surface area contributed by atoms with Gasteiger partial charge in [0.2, 0.25) is 0 Å². The molecule has 3 unspecified atom stereocenters. The molecule has 162 valence electrons. The van der Waals surface area contributed by atoms with Crippen LogP contribution >= 0.6 is 11.6 Å². The summed E-state index contributed by atoms with van der Waals surface area (Å²) in [5.41, 5.74) is 8.28. The Balaban J connectivity index is 1.48. The molecule has 4 aromatic carbocycles. The van der Waals surface area contributed by atoms with Crippen LogP contribution in [0.4, 0.5) is 5.69 Å². The number of fused-ring (bicyclic) bond motifs is 4. The Morgan fingerprint density at radius 3 is 2.33 bits per heavy atom. The molecule has 3 aliphatic heterocycles. The van der Waals surface area contributed by atoms with E-state index in [0.717, 1.165) is 17.2 Å². The normalized spacial score (nSPS) is 24.5. The summed E-state index contributed by atoms with van der Waals surface area (Å²) in [5.74, 6) is 1.60. The first kappa shape index (κ1) is 19.3. The van der Waals surface area contributed by atoms with Crippen LogP contribution in [0.2, 0.25) is 5.02 Å². The average molecular weight is 450 g/mol. The van der Waals surface area contributed by atoms with Gasteiger partial charge in [-0.15, -0.1) is 0 Å². The Hall–Kier alpha value is -3.23. The fourth-order valence-corrected chi connectivity index (χ4v) is 6.54. The molecular formula is C30H24ClNO. The van der Waals surface area contributed by atoms with Gasteiger partial charge in [0.05, 0.1) is 18.7 Å². The molecule has 0 aliphatic carbocycles. The van der Waals surface area contributed by atoms with Crippen LogP contribution in [0.25, 0.3) is 0 Å². The highest BCUT2D eigenvalue weighted by atomic mass is 35.5. The van der Waals surface area contributed by atoms with E-state index in [9.17, 15) is 0 Å². The van der Waals surface area contributed by atoms with E-state index in [1.54, 1.807) is 0 Å². The Bertz CT molecular complexity index is 1330. The second-order valence-electron chi connectivity index (χ2n) is 9.38. The number of nitrogens with zero attached hydrogens (tertiary/aromatic N) is 1. The molecule has 3 aliphatic rings. The summed E-state index contributed by atoms with van der Waals surface area (Å²) in [6.45, 7) is 0.705. The highest BCUT2D eigenvalue weighted by Gasteiger charge is 2.51. The quantitative estimate of drug-likeness (QED) is 0.317. The SMILES string of the molecule is Clc1ccc(C2c3cccc4c3N(C3c5ccccc5OCC23)[C@H](c2ccccc2)C4)cc1. The van der Waals surface area contributed by atoms with Crippen molar-refractivity contribution >= 4 is 17.3 Å². The molecule has 33 heavy (non-hydrogen) atoms. The van der Waals surface area contributed by atoms with Gasteiger partial charge >= 0.3 is 0 Å². The lowest BCUT2D eigenvalue weighted by molar-refractivity contribution is 0.166. The molecule has 3 heteroatoms. The van der Waals surface area contributed by atoms with E-state index >= 15 is 0 Å². The molecule has 3 heterocycles. The summed E-state index contributed by atoms with van der Waals surface area (Å²) in [6.07, 6.45) is 1.03. The molecule has 0 amide bonds. The fourth-order valence-electron chi connectivity index (χ4n) is 6.42. The molecule has 0 fully saturated rings. The van der Waals surface area contributed by atoms with Crippen molar-refractivity contribution in [2.24, 2.45) is 5.92 Å². The Morgan fingerprint density at radius 2 is 1.48 bits per heavy atom. The maximum Gasteiger partial charge on any atom is 0.124 e. The Kier molecular flexibility index (Phi) is 4.32. The molecule has 0 radical (unpaired) electrons. The molecule has 0 N–H and O–H groups in total. The van der Waals surface area contributed by atoms with Crippen LogP contribution in [0.3, 0.4) is 0 Å². The second-order valence-corrected chi connectivity index (χ2v) is 9.82. The van der Waals surface area contributed by atoms with Crippen molar-refractivity contribution in [1.82, 2.24) is 0 Å². The number of anilines is 1. The Labute approximate surface area is 199 Å². The van der Waals surface area contributed by atoms with Gasteiger partial charge in [0.1, 0.15) is 5.75 Å². The Morgan fingerprint density at radius 1 is 0.727 bits per heavy atom. The molecule has 0 spiro atoms. The fraction of sp³-hybridized carbons (Fsp3) is 0.200. The minimum Gasteiger partial charge on any atom is -0.493 e. The maximum atomic E-state index is 6.38. The zero-order chi connectivity index (χ0) is 21.9. The van der Waals surface area contributed by atoms with Gasteiger partial charge in [0.25, 0.3) is 0 Å². The van der Waals surface area contributed by atoms with Crippen molar-refractivity contribution in [3.8, 4) is 5.75 Å². The number of halogens is 1. The predicted molar refractivity (Wildman–Crippen MR) is 133 cm³/mol. The minimum atomic E-state index is 0.261. The van der Waals surface area contributed by atoms with Crippen LogP contribution in [-0.2, 0) is 6.42 Å². The molecule has 2 nitrogen and oxygen atoms in total. The van der Waals surface area contributed by atoms with E-state index in [2.05, 4.69) is 89.8 Å². The van der Waals surface area contributed by atoms with Gasteiger partial charge in [-0.2, -0.15) is 0 Å². The number of rotatable bonds is 2. The third-order valence-electron chi connectivity index (χ3n) is 7.71. The van der Waals surface area contributed by atoms with Crippen LogP contribution in [0.15, 0.2) is 97.1 Å². The maximum absolute atomic E-state index is 6.38. The standard InChI is InChI=1S/C30H24ClNO/c31-22-15-13-20(14-16-22)28-24-11-6-9-21-17-26(19-7-2-1-3-8-19)32(29(21)24)30-23-10-4-5-12-27(23)33-18-25(28)30/h1-16,25-26,28,30H,17-18H2/t25?,26-,28?,30?/m0/s1. The zero-order valence-corrected chi connectivity index (χ0v) is 19.0. The van der Waals surface area contributed by atoms with E-state index in [4.69, 9.17) is 16.3 Å². The van der Waals surface area contributed by atoms with E-state index < -0.39 is 0 Å². The highest BCUT2D eigenvalue weighted by molar-refractivity contribution is 6.30. The van der Waals surface area contributed by atoms with Gasteiger partial charge in [-0.25, -0.2) is 0 Å². The van der Waals surface area contributed by atoms with Gasteiger partial charge in [-0.1, -0.05) is 90.5 Å². The van der Waals surface area contributed by atoms with Crippen molar-refractivity contribution in [1.29, 1.82) is 0 Å². The summed E-state index contributed by atoms with van der Waals surface area (Å²) in [4.78, 5) is 2.72. The van der Waals surface area contributed by atoms with Crippen LogP contribution < -0.4 is 9.64 Å². The lowest BCUT2D eigenvalue weighted by atomic mass is 9.70. The van der Waals surface area contributed by atoms with Crippen LogP contribution in [0.1, 0.15) is 45.8 Å². The van der Waals surface area contributed by atoms with Gasteiger partial charge in [0.15, 0.2) is 0 Å². The van der Waals surface area contributed by atoms with Gasteiger partial charge in [-0.3, -0.25) is 0 Å².